The van der Waals surface area contributed by atoms with Crippen molar-refractivity contribution >= 4 is 17.9 Å². The first-order valence-corrected chi connectivity index (χ1v) is 7.89. The Kier molecular flexibility index (Phi) is 7.18. The molecule has 27 heavy (non-hydrogen) atoms. The lowest BCUT2D eigenvalue weighted by molar-refractivity contribution is -0.128. The van der Waals surface area contributed by atoms with E-state index in [-0.39, 0.29) is 5.75 Å². The molecule has 7 nitrogen and oxygen atoms in total. The summed E-state index contributed by atoms with van der Waals surface area (Å²) in [5, 5.41) is 0. The van der Waals surface area contributed by atoms with Crippen LogP contribution in [0, 0.1) is 5.82 Å². The fourth-order valence-corrected chi connectivity index (χ4v) is 2.04. The third kappa shape index (κ3) is 6.03. The van der Waals surface area contributed by atoms with Gasteiger partial charge in [0.05, 0.1) is 14.2 Å². The number of benzene rings is 2. The number of halogens is 1. The fraction of sp³-hybridized carbons (Fsp3) is 0.158. The minimum atomic E-state index is -0.633. The van der Waals surface area contributed by atoms with Gasteiger partial charge in [-0.15, -0.1) is 0 Å². The molecule has 8 heteroatoms. The molecule has 0 aliphatic heterocycles. The second-order valence-corrected chi connectivity index (χ2v) is 5.20. The summed E-state index contributed by atoms with van der Waals surface area (Å²) in [6.45, 7) is -0.444. The van der Waals surface area contributed by atoms with Gasteiger partial charge >= 0.3 is 0 Å². The first-order chi connectivity index (χ1) is 13.0. The van der Waals surface area contributed by atoms with Crippen LogP contribution < -0.4 is 25.1 Å². The standard InChI is InChI=1S/C19H19FN2O5/c1-25-16-9-7-13(11-17(16)26-2)8-10-18(23)21-22-19(24)12-27-15-6-4-3-5-14(15)20/h3-11H,12H2,1-2H3,(H,21,23)(H,22,24)/b10-8+. The van der Waals surface area contributed by atoms with E-state index in [4.69, 9.17) is 14.2 Å². The molecular formula is C19H19FN2O5. The van der Waals surface area contributed by atoms with Gasteiger partial charge in [0.25, 0.3) is 11.8 Å². The normalized spacial score (nSPS) is 10.3. The largest absolute Gasteiger partial charge is 0.493 e. The van der Waals surface area contributed by atoms with Gasteiger partial charge in [0.15, 0.2) is 29.7 Å². The van der Waals surface area contributed by atoms with Gasteiger partial charge in [-0.2, -0.15) is 0 Å². The fourth-order valence-electron chi connectivity index (χ4n) is 2.04. The van der Waals surface area contributed by atoms with Crippen LogP contribution >= 0.6 is 0 Å². The molecule has 2 aromatic carbocycles. The van der Waals surface area contributed by atoms with E-state index in [0.29, 0.717) is 17.1 Å². The molecule has 0 aromatic heterocycles. The van der Waals surface area contributed by atoms with Crippen molar-refractivity contribution in [2.75, 3.05) is 20.8 Å². The summed E-state index contributed by atoms with van der Waals surface area (Å²) in [6.07, 6.45) is 2.78. The summed E-state index contributed by atoms with van der Waals surface area (Å²) in [5.41, 5.74) is 5.07. The van der Waals surface area contributed by atoms with Crippen molar-refractivity contribution in [3.05, 3.63) is 59.9 Å². The maximum atomic E-state index is 13.4. The Hall–Kier alpha value is -3.55. The van der Waals surface area contributed by atoms with E-state index < -0.39 is 24.2 Å². The summed E-state index contributed by atoms with van der Waals surface area (Å²) >= 11 is 0. The molecule has 0 aliphatic rings. The Balaban J connectivity index is 1.81. The van der Waals surface area contributed by atoms with Gasteiger partial charge in [-0.3, -0.25) is 20.4 Å². The van der Waals surface area contributed by atoms with Crippen molar-refractivity contribution in [3.8, 4) is 17.2 Å². The van der Waals surface area contributed by atoms with Gasteiger partial charge in [-0.05, 0) is 35.9 Å². The molecular weight excluding hydrogens is 355 g/mol. The van der Waals surface area contributed by atoms with Crippen LogP contribution in [-0.2, 0) is 9.59 Å². The first-order valence-electron chi connectivity index (χ1n) is 7.89. The zero-order chi connectivity index (χ0) is 19.6. The lowest BCUT2D eigenvalue weighted by Crippen LogP contribution is -2.43. The van der Waals surface area contributed by atoms with Crippen LogP contribution in [-0.4, -0.2) is 32.6 Å². The van der Waals surface area contributed by atoms with Crippen LogP contribution in [0.3, 0.4) is 0 Å². The van der Waals surface area contributed by atoms with Gasteiger partial charge in [-0.1, -0.05) is 18.2 Å². The molecule has 0 unspecified atom stereocenters. The van der Waals surface area contributed by atoms with Crippen molar-refractivity contribution in [2.24, 2.45) is 0 Å². The number of nitrogens with one attached hydrogen (secondary N) is 2. The van der Waals surface area contributed by atoms with Gasteiger partial charge in [-0.25, -0.2) is 4.39 Å². The molecule has 0 aliphatic carbocycles. The van der Waals surface area contributed by atoms with E-state index in [1.54, 1.807) is 30.3 Å². The highest BCUT2D eigenvalue weighted by Gasteiger charge is 2.07. The van der Waals surface area contributed by atoms with E-state index in [1.807, 2.05) is 0 Å². The molecule has 0 spiro atoms. The zero-order valence-electron chi connectivity index (χ0n) is 14.8. The highest BCUT2D eigenvalue weighted by atomic mass is 19.1. The van der Waals surface area contributed by atoms with Gasteiger partial charge in [0.1, 0.15) is 0 Å². The number of para-hydroxylation sites is 1. The molecule has 0 bridgehead atoms. The molecule has 0 radical (unpaired) electrons. The minimum absolute atomic E-state index is 0.0488. The number of carbonyl (C=O) groups excluding carboxylic acids is 2. The summed E-state index contributed by atoms with van der Waals surface area (Å²) in [4.78, 5) is 23.4. The molecule has 2 rings (SSSR count). The predicted octanol–water partition coefficient (Wildman–Crippen LogP) is 2.08. The molecule has 0 atom stereocenters. The number of hydrazine groups is 1. The maximum absolute atomic E-state index is 13.4. The summed E-state index contributed by atoms with van der Waals surface area (Å²) in [5.74, 6) is -0.713. The second-order valence-electron chi connectivity index (χ2n) is 5.20. The molecule has 2 amide bonds. The Morgan fingerprint density at radius 2 is 1.74 bits per heavy atom. The number of hydrogen-bond donors (Lipinski definition) is 2. The number of hydrogen-bond acceptors (Lipinski definition) is 5. The van der Waals surface area contributed by atoms with E-state index in [9.17, 15) is 14.0 Å². The van der Waals surface area contributed by atoms with Gasteiger partial charge < -0.3 is 14.2 Å². The Labute approximate surface area is 155 Å². The lowest BCUT2D eigenvalue weighted by Gasteiger charge is -2.08. The highest BCUT2D eigenvalue weighted by molar-refractivity contribution is 5.93. The van der Waals surface area contributed by atoms with Crippen LogP contribution in [0.25, 0.3) is 6.08 Å². The van der Waals surface area contributed by atoms with Crippen LogP contribution in [0.4, 0.5) is 4.39 Å². The molecule has 142 valence electrons. The molecule has 0 saturated heterocycles. The number of methoxy groups -OCH3 is 2. The average molecular weight is 374 g/mol. The second kappa shape index (κ2) is 9.81. The maximum Gasteiger partial charge on any atom is 0.276 e. The van der Waals surface area contributed by atoms with E-state index >= 15 is 0 Å². The van der Waals surface area contributed by atoms with Crippen molar-refractivity contribution in [2.45, 2.75) is 0 Å². The van der Waals surface area contributed by atoms with E-state index in [0.717, 1.165) is 0 Å². The van der Waals surface area contributed by atoms with Crippen molar-refractivity contribution in [1.82, 2.24) is 10.9 Å². The Bertz CT molecular complexity index is 839. The summed E-state index contributed by atoms with van der Waals surface area (Å²) < 4.78 is 28.7. The monoisotopic (exact) mass is 374 g/mol. The SMILES string of the molecule is COc1ccc(/C=C/C(=O)NNC(=O)COc2ccccc2F)cc1OC. The van der Waals surface area contributed by atoms with Crippen LogP contribution in [0.2, 0.25) is 0 Å². The Morgan fingerprint density at radius 1 is 1.00 bits per heavy atom. The number of rotatable bonds is 7. The van der Waals surface area contributed by atoms with Gasteiger partial charge in [0, 0.05) is 6.08 Å². The molecule has 0 fully saturated rings. The Morgan fingerprint density at radius 3 is 2.44 bits per heavy atom. The molecule has 0 saturated carbocycles. The lowest BCUT2D eigenvalue weighted by atomic mass is 10.2. The van der Waals surface area contributed by atoms with E-state index in [2.05, 4.69) is 10.9 Å². The van der Waals surface area contributed by atoms with Crippen molar-refractivity contribution in [1.29, 1.82) is 0 Å². The third-order valence-corrected chi connectivity index (χ3v) is 3.36. The zero-order valence-corrected chi connectivity index (χ0v) is 14.8. The molecule has 2 N–H and O–H groups in total. The van der Waals surface area contributed by atoms with E-state index in [1.165, 1.54) is 38.5 Å². The van der Waals surface area contributed by atoms with Crippen LogP contribution in [0.5, 0.6) is 17.2 Å². The van der Waals surface area contributed by atoms with Crippen molar-refractivity contribution in [3.63, 3.8) is 0 Å². The van der Waals surface area contributed by atoms with Gasteiger partial charge in [0.2, 0.25) is 0 Å². The molecule has 2 aromatic rings. The van der Waals surface area contributed by atoms with Crippen LogP contribution in [0.15, 0.2) is 48.5 Å². The molecule has 0 heterocycles. The van der Waals surface area contributed by atoms with Crippen LogP contribution in [0.1, 0.15) is 5.56 Å². The minimum Gasteiger partial charge on any atom is -0.493 e. The number of amides is 2. The van der Waals surface area contributed by atoms with Crippen molar-refractivity contribution < 1.29 is 28.2 Å². The quantitative estimate of drug-likeness (QED) is 0.573. The number of carbonyl (C=O) groups is 2. The topological polar surface area (TPSA) is 85.9 Å². The summed E-state index contributed by atoms with van der Waals surface area (Å²) in [7, 11) is 3.04. The number of ether oxygens (including phenoxy) is 3. The predicted molar refractivity (Wildman–Crippen MR) is 96.8 cm³/mol. The smallest absolute Gasteiger partial charge is 0.276 e. The average Bonchev–Trinajstić information content (AvgIpc) is 2.69. The summed E-state index contributed by atoms with van der Waals surface area (Å²) in [6, 6.07) is 10.8. The first kappa shape index (κ1) is 19.8. The highest BCUT2D eigenvalue weighted by Crippen LogP contribution is 2.27. The third-order valence-electron chi connectivity index (χ3n) is 3.36.